The quantitative estimate of drug-likeness (QED) is 0.753. The molecule has 0 aliphatic carbocycles. The van der Waals surface area contributed by atoms with Crippen molar-refractivity contribution in [3.05, 3.63) is 42.1 Å². The van der Waals surface area contributed by atoms with Crippen molar-refractivity contribution in [2.45, 2.75) is 6.42 Å². The summed E-state index contributed by atoms with van der Waals surface area (Å²) in [6.45, 7) is 0.0908. The van der Waals surface area contributed by atoms with E-state index in [2.05, 4.69) is 15.5 Å². The Balaban J connectivity index is 2.11. The fraction of sp³-hybridized carbons (Fsp3) is 0.154. The van der Waals surface area contributed by atoms with Gasteiger partial charge in [0.05, 0.1) is 23.9 Å². The number of aromatic nitrogens is 2. The normalized spacial score (nSPS) is 10.1. The lowest BCUT2D eigenvalue weighted by atomic mass is 10.1. The van der Waals surface area contributed by atoms with Crippen molar-refractivity contribution in [3.63, 3.8) is 0 Å². The van der Waals surface area contributed by atoms with E-state index in [1.165, 1.54) is 6.20 Å². The zero-order valence-electron chi connectivity index (χ0n) is 10.1. The predicted molar refractivity (Wildman–Crippen MR) is 68.6 cm³/mol. The molecule has 0 saturated heterocycles. The molecule has 0 fully saturated rings. The minimum absolute atomic E-state index is 0.0908. The summed E-state index contributed by atoms with van der Waals surface area (Å²) in [6.07, 6.45) is 1.32. The number of hydrogen-bond acceptors (Lipinski definition) is 3. The van der Waals surface area contributed by atoms with E-state index in [-0.39, 0.29) is 18.9 Å². The van der Waals surface area contributed by atoms with E-state index >= 15 is 0 Å². The lowest BCUT2D eigenvalue weighted by molar-refractivity contribution is -0.136. The largest absolute Gasteiger partial charge is 0.481 e. The highest BCUT2D eigenvalue weighted by atomic mass is 16.4. The SMILES string of the molecule is O=C(O)CCNC(=O)c1cn[nH]c1-c1ccccc1. The fourth-order valence-electron chi connectivity index (χ4n) is 1.66. The van der Waals surface area contributed by atoms with Crippen LogP contribution in [0.1, 0.15) is 16.8 Å². The maximum Gasteiger partial charge on any atom is 0.305 e. The molecule has 98 valence electrons. The first-order valence-corrected chi connectivity index (χ1v) is 5.77. The average Bonchev–Trinajstić information content (AvgIpc) is 2.88. The zero-order chi connectivity index (χ0) is 13.7. The van der Waals surface area contributed by atoms with Gasteiger partial charge in [-0.15, -0.1) is 0 Å². The third-order valence-electron chi connectivity index (χ3n) is 2.57. The van der Waals surface area contributed by atoms with E-state index < -0.39 is 5.97 Å². The Morgan fingerprint density at radius 2 is 2.00 bits per heavy atom. The number of H-pyrrole nitrogens is 1. The van der Waals surface area contributed by atoms with Gasteiger partial charge in [0, 0.05) is 12.1 Å². The van der Waals surface area contributed by atoms with Gasteiger partial charge in [-0.2, -0.15) is 5.10 Å². The van der Waals surface area contributed by atoms with E-state index in [1.807, 2.05) is 30.3 Å². The molecular weight excluding hydrogens is 246 g/mol. The van der Waals surface area contributed by atoms with Crippen molar-refractivity contribution in [2.24, 2.45) is 0 Å². The Bertz CT molecular complexity index is 578. The van der Waals surface area contributed by atoms with Crippen molar-refractivity contribution in [3.8, 4) is 11.3 Å². The number of aromatic amines is 1. The number of nitrogens with zero attached hydrogens (tertiary/aromatic N) is 1. The molecule has 0 saturated carbocycles. The van der Waals surface area contributed by atoms with Crippen LogP contribution in [0.25, 0.3) is 11.3 Å². The number of carbonyl (C=O) groups excluding carboxylic acids is 1. The number of carbonyl (C=O) groups is 2. The van der Waals surface area contributed by atoms with E-state index in [4.69, 9.17) is 5.11 Å². The summed E-state index contributed by atoms with van der Waals surface area (Å²) in [4.78, 5) is 22.3. The third kappa shape index (κ3) is 3.19. The van der Waals surface area contributed by atoms with Crippen molar-refractivity contribution in [2.75, 3.05) is 6.54 Å². The van der Waals surface area contributed by atoms with Crippen LogP contribution in [0.15, 0.2) is 36.5 Å². The molecule has 1 amide bonds. The summed E-state index contributed by atoms with van der Waals surface area (Å²) in [7, 11) is 0. The van der Waals surface area contributed by atoms with E-state index in [1.54, 1.807) is 0 Å². The number of rotatable bonds is 5. The molecular formula is C13H13N3O3. The van der Waals surface area contributed by atoms with Gasteiger partial charge in [0.25, 0.3) is 5.91 Å². The second kappa shape index (κ2) is 5.81. The summed E-state index contributed by atoms with van der Waals surface area (Å²) in [5, 5.41) is 17.7. The van der Waals surface area contributed by atoms with E-state index in [0.29, 0.717) is 11.3 Å². The molecule has 0 aliphatic heterocycles. The van der Waals surface area contributed by atoms with Crippen LogP contribution in [0.2, 0.25) is 0 Å². The Morgan fingerprint density at radius 1 is 1.26 bits per heavy atom. The number of amides is 1. The molecule has 6 heteroatoms. The molecule has 0 unspecified atom stereocenters. The molecule has 0 aliphatic rings. The molecule has 0 atom stereocenters. The van der Waals surface area contributed by atoms with E-state index in [0.717, 1.165) is 5.56 Å². The molecule has 0 radical (unpaired) electrons. The van der Waals surface area contributed by atoms with Crippen LogP contribution >= 0.6 is 0 Å². The lowest BCUT2D eigenvalue weighted by Crippen LogP contribution is -2.26. The van der Waals surface area contributed by atoms with Crippen LogP contribution < -0.4 is 5.32 Å². The molecule has 19 heavy (non-hydrogen) atoms. The highest BCUT2D eigenvalue weighted by molar-refractivity contribution is 5.99. The topological polar surface area (TPSA) is 95.1 Å². The molecule has 2 rings (SSSR count). The van der Waals surface area contributed by atoms with Gasteiger partial charge in [0.1, 0.15) is 0 Å². The molecule has 6 nitrogen and oxygen atoms in total. The van der Waals surface area contributed by atoms with Gasteiger partial charge >= 0.3 is 5.97 Å². The molecule has 2 aromatic rings. The van der Waals surface area contributed by atoms with E-state index in [9.17, 15) is 9.59 Å². The van der Waals surface area contributed by atoms with Gasteiger partial charge in [-0.1, -0.05) is 30.3 Å². The minimum Gasteiger partial charge on any atom is -0.481 e. The predicted octanol–water partition coefficient (Wildman–Crippen LogP) is 1.28. The van der Waals surface area contributed by atoms with Crippen LogP contribution in [0, 0.1) is 0 Å². The maximum atomic E-state index is 11.9. The van der Waals surface area contributed by atoms with Gasteiger partial charge in [0.15, 0.2) is 0 Å². The molecule has 0 bridgehead atoms. The first-order chi connectivity index (χ1) is 9.18. The number of carboxylic acid groups (broad SMARTS) is 1. The first kappa shape index (κ1) is 12.8. The molecule has 3 N–H and O–H groups in total. The summed E-state index contributed by atoms with van der Waals surface area (Å²) in [5.41, 5.74) is 1.87. The Morgan fingerprint density at radius 3 is 2.68 bits per heavy atom. The second-order valence-electron chi connectivity index (χ2n) is 3.92. The van der Waals surface area contributed by atoms with Gasteiger partial charge in [-0.3, -0.25) is 14.7 Å². The number of benzene rings is 1. The van der Waals surface area contributed by atoms with Gasteiger partial charge < -0.3 is 10.4 Å². The lowest BCUT2D eigenvalue weighted by Gasteiger charge is -2.04. The van der Waals surface area contributed by atoms with Crippen molar-refractivity contribution >= 4 is 11.9 Å². The van der Waals surface area contributed by atoms with Crippen LogP contribution in [0.4, 0.5) is 0 Å². The molecule has 1 heterocycles. The Hall–Kier alpha value is -2.63. The van der Waals surface area contributed by atoms with Crippen molar-refractivity contribution < 1.29 is 14.7 Å². The van der Waals surface area contributed by atoms with Crippen molar-refractivity contribution in [1.29, 1.82) is 0 Å². The zero-order valence-corrected chi connectivity index (χ0v) is 10.1. The van der Waals surface area contributed by atoms with Crippen LogP contribution in [-0.2, 0) is 4.79 Å². The minimum atomic E-state index is -0.948. The van der Waals surface area contributed by atoms with Crippen molar-refractivity contribution in [1.82, 2.24) is 15.5 Å². The summed E-state index contributed by atoms with van der Waals surface area (Å²) < 4.78 is 0. The highest BCUT2D eigenvalue weighted by Gasteiger charge is 2.14. The molecule has 0 spiro atoms. The standard InChI is InChI=1S/C13H13N3O3/c17-11(18)6-7-14-13(19)10-8-15-16-12(10)9-4-2-1-3-5-9/h1-5,8H,6-7H2,(H,14,19)(H,15,16)(H,17,18). The average molecular weight is 259 g/mol. The van der Waals surface area contributed by atoms with Crippen LogP contribution in [-0.4, -0.2) is 33.7 Å². The summed E-state index contributed by atoms with van der Waals surface area (Å²) >= 11 is 0. The Labute approximate surface area is 109 Å². The van der Waals surface area contributed by atoms with Crippen LogP contribution in [0.3, 0.4) is 0 Å². The summed E-state index contributed by atoms with van der Waals surface area (Å²) in [6, 6.07) is 9.33. The number of carboxylic acids is 1. The highest BCUT2D eigenvalue weighted by Crippen LogP contribution is 2.20. The molecule has 1 aromatic heterocycles. The maximum absolute atomic E-state index is 11.9. The number of hydrogen-bond donors (Lipinski definition) is 3. The summed E-state index contributed by atoms with van der Waals surface area (Å²) in [5.74, 6) is -1.29. The van der Waals surface area contributed by atoms with Gasteiger partial charge in [0.2, 0.25) is 0 Å². The number of aliphatic carboxylic acids is 1. The number of nitrogens with one attached hydrogen (secondary N) is 2. The molecule has 1 aromatic carbocycles. The first-order valence-electron chi connectivity index (χ1n) is 5.77. The smallest absolute Gasteiger partial charge is 0.305 e. The van der Waals surface area contributed by atoms with Gasteiger partial charge in [-0.05, 0) is 0 Å². The van der Waals surface area contributed by atoms with Gasteiger partial charge in [-0.25, -0.2) is 0 Å². The van der Waals surface area contributed by atoms with Crippen LogP contribution in [0.5, 0.6) is 0 Å². The monoisotopic (exact) mass is 259 g/mol. The fourth-order valence-corrected chi connectivity index (χ4v) is 1.66. The Kier molecular flexibility index (Phi) is 3.92. The second-order valence-corrected chi connectivity index (χ2v) is 3.92. The third-order valence-corrected chi connectivity index (χ3v) is 2.57.